The van der Waals surface area contributed by atoms with E-state index in [1.807, 2.05) is 0 Å². The van der Waals surface area contributed by atoms with E-state index in [4.69, 9.17) is 9.47 Å². The molecule has 0 aromatic heterocycles. The number of piperidine rings is 1. The molecule has 0 saturated carbocycles. The van der Waals surface area contributed by atoms with Crippen LogP contribution in [0, 0.1) is 0 Å². The van der Waals surface area contributed by atoms with Gasteiger partial charge in [-0.3, -0.25) is 0 Å². The van der Waals surface area contributed by atoms with Gasteiger partial charge in [-0.15, -0.1) is 0 Å². The van der Waals surface area contributed by atoms with Gasteiger partial charge < -0.3 is 19.3 Å². The fourth-order valence-electron chi connectivity index (χ4n) is 3.02. The Morgan fingerprint density at radius 2 is 0.957 bits per heavy atom. The van der Waals surface area contributed by atoms with E-state index in [9.17, 15) is 0 Å². The van der Waals surface area contributed by atoms with Gasteiger partial charge in [-0.1, -0.05) is 6.42 Å². The number of hydrogen-bond donors (Lipinski definition) is 0. The first kappa shape index (κ1) is 20.9. The first-order valence-electron chi connectivity index (χ1n) is 9.76. The second-order valence-electron chi connectivity index (χ2n) is 7.29. The van der Waals surface area contributed by atoms with Crippen LogP contribution in [0.3, 0.4) is 0 Å². The number of likely N-dealkylation sites (tertiary alicyclic amines) is 2. The monoisotopic (exact) mass is 328 g/mol. The molecular formula is C19H40N2O2. The molecule has 0 spiro atoms. The highest BCUT2D eigenvalue weighted by Gasteiger charge is 2.10. The highest BCUT2D eigenvalue weighted by atomic mass is 16.5. The van der Waals surface area contributed by atoms with Crippen LogP contribution in [0.4, 0.5) is 0 Å². The van der Waals surface area contributed by atoms with E-state index in [0.29, 0.717) is 12.2 Å². The average Bonchev–Trinajstić information content (AvgIpc) is 3.02. The summed E-state index contributed by atoms with van der Waals surface area (Å²) in [5.41, 5.74) is 0. The maximum absolute atomic E-state index is 5.50. The van der Waals surface area contributed by atoms with Crippen LogP contribution >= 0.6 is 0 Å². The Labute approximate surface area is 144 Å². The summed E-state index contributed by atoms with van der Waals surface area (Å²) in [6.07, 6.45) is 7.70. The summed E-state index contributed by atoms with van der Waals surface area (Å²) in [5.74, 6) is 0. The van der Waals surface area contributed by atoms with Gasteiger partial charge in [0, 0.05) is 13.1 Å². The molecule has 2 aliphatic rings. The van der Waals surface area contributed by atoms with Crippen LogP contribution in [0.5, 0.6) is 0 Å². The largest absolute Gasteiger partial charge is 0.377 e. The normalized spacial score (nSPS) is 20.1. The molecule has 0 aliphatic carbocycles. The second-order valence-corrected chi connectivity index (χ2v) is 7.29. The van der Waals surface area contributed by atoms with Gasteiger partial charge >= 0.3 is 0 Å². The Kier molecular flexibility index (Phi) is 12.0. The molecule has 0 unspecified atom stereocenters. The lowest BCUT2D eigenvalue weighted by molar-refractivity contribution is 0.0550. The lowest BCUT2D eigenvalue weighted by Gasteiger charge is -2.26. The van der Waals surface area contributed by atoms with Gasteiger partial charge in [0.25, 0.3) is 0 Å². The number of hydrogen-bond acceptors (Lipinski definition) is 4. The standard InChI is InChI=1S/C10H21NO.C9H19NO/c1-10(2)12-9-8-11-6-4-3-5-7-11;1-9(2)11-8-7-10-5-3-4-6-10/h10H,3-9H2,1-2H3;9H,3-8H2,1-2H3. The lowest BCUT2D eigenvalue weighted by Crippen LogP contribution is -2.33. The molecule has 2 heterocycles. The van der Waals surface area contributed by atoms with Crippen LogP contribution in [-0.4, -0.2) is 74.5 Å². The molecular weight excluding hydrogens is 288 g/mol. The quantitative estimate of drug-likeness (QED) is 0.682. The zero-order chi connectivity index (χ0) is 16.9. The van der Waals surface area contributed by atoms with Gasteiger partial charge in [0.15, 0.2) is 0 Å². The zero-order valence-corrected chi connectivity index (χ0v) is 16.1. The van der Waals surface area contributed by atoms with E-state index in [1.165, 1.54) is 58.3 Å². The molecule has 0 N–H and O–H groups in total. The van der Waals surface area contributed by atoms with Crippen LogP contribution in [0.1, 0.15) is 59.8 Å². The predicted molar refractivity (Wildman–Crippen MR) is 98.1 cm³/mol. The molecule has 0 aromatic carbocycles. The Morgan fingerprint density at radius 3 is 1.30 bits per heavy atom. The van der Waals surface area contributed by atoms with Crippen molar-refractivity contribution in [3.63, 3.8) is 0 Å². The van der Waals surface area contributed by atoms with Crippen LogP contribution in [0.2, 0.25) is 0 Å². The topological polar surface area (TPSA) is 24.9 Å². The minimum Gasteiger partial charge on any atom is -0.377 e. The van der Waals surface area contributed by atoms with Gasteiger partial charge in [0.2, 0.25) is 0 Å². The molecule has 0 radical (unpaired) electrons. The van der Waals surface area contributed by atoms with Crippen molar-refractivity contribution in [2.24, 2.45) is 0 Å². The van der Waals surface area contributed by atoms with Crippen LogP contribution < -0.4 is 0 Å². The van der Waals surface area contributed by atoms with Gasteiger partial charge in [0.05, 0.1) is 25.4 Å². The van der Waals surface area contributed by atoms with Gasteiger partial charge in [-0.2, -0.15) is 0 Å². The van der Waals surface area contributed by atoms with Gasteiger partial charge in [0.1, 0.15) is 0 Å². The molecule has 0 amide bonds. The van der Waals surface area contributed by atoms with E-state index in [2.05, 4.69) is 37.5 Å². The summed E-state index contributed by atoms with van der Waals surface area (Å²) >= 11 is 0. The third kappa shape index (κ3) is 11.9. The minimum atomic E-state index is 0.384. The second kappa shape index (κ2) is 13.2. The molecule has 2 saturated heterocycles. The molecule has 0 atom stereocenters. The molecule has 138 valence electrons. The first-order chi connectivity index (χ1) is 11.1. The van der Waals surface area contributed by atoms with Crippen molar-refractivity contribution in [3.8, 4) is 0 Å². The van der Waals surface area contributed by atoms with Crippen molar-refractivity contribution < 1.29 is 9.47 Å². The Bertz CT molecular complexity index is 260. The summed E-state index contributed by atoms with van der Waals surface area (Å²) in [6, 6.07) is 0. The highest BCUT2D eigenvalue weighted by molar-refractivity contribution is 4.65. The van der Waals surface area contributed by atoms with Crippen molar-refractivity contribution in [1.82, 2.24) is 9.80 Å². The highest BCUT2D eigenvalue weighted by Crippen LogP contribution is 2.08. The molecule has 2 fully saturated rings. The Balaban J connectivity index is 0.000000231. The van der Waals surface area contributed by atoms with E-state index >= 15 is 0 Å². The maximum Gasteiger partial charge on any atom is 0.0596 e. The first-order valence-corrected chi connectivity index (χ1v) is 9.76. The zero-order valence-electron chi connectivity index (χ0n) is 16.1. The van der Waals surface area contributed by atoms with Crippen molar-refractivity contribution in [3.05, 3.63) is 0 Å². The molecule has 0 aromatic rings. The number of rotatable bonds is 8. The summed E-state index contributed by atoms with van der Waals surface area (Å²) in [6.45, 7) is 17.5. The predicted octanol–water partition coefficient (Wildman–Crippen LogP) is 3.40. The molecule has 2 aliphatic heterocycles. The molecule has 4 heteroatoms. The van der Waals surface area contributed by atoms with Crippen molar-refractivity contribution in [2.75, 3.05) is 52.5 Å². The van der Waals surface area contributed by atoms with Crippen molar-refractivity contribution in [1.29, 1.82) is 0 Å². The van der Waals surface area contributed by atoms with E-state index in [0.717, 1.165) is 26.3 Å². The maximum atomic E-state index is 5.50. The third-order valence-corrected chi connectivity index (χ3v) is 4.36. The van der Waals surface area contributed by atoms with E-state index < -0.39 is 0 Å². The molecule has 0 bridgehead atoms. The molecule has 23 heavy (non-hydrogen) atoms. The summed E-state index contributed by atoms with van der Waals surface area (Å²) < 4.78 is 11.0. The number of ether oxygens (including phenoxy) is 2. The smallest absolute Gasteiger partial charge is 0.0596 e. The van der Waals surface area contributed by atoms with Crippen LogP contribution in [0.25, 0.3) is 0 Å². The summed E-state index contributed by atoms with van der Waals surface area (Å²) in [7, 11) is 0. The summed E-state index contributed by atoms with van der Waals surface area (Å²) in [4.78, 5) is 4.98. The third-order valence-electron chi connectivity index (χ3n) is 4.36. The molecule has 2 rings (SSSR count). The Morgan fingerprint density at radius 1 is 0.609 bits per heavy atom. The molecule has 4 nitrogen and oxygen atoms in total. The average molecular weight is 329 g/mol. The van der Waals surface area contributed by atoms with E-state index in [-0.39, 0.29) is 0 Å². The lowest BCUT2D eigenvalue weighted by atomic mass is 10.1. The van der Waals surface area contributed by atoms with Crippen molar-refractivity contribution in [2.45, 2.75) is 72.0 Å². The minimum absolute atomic E-state index is 0.384. The van der Waals surface area contributed by atoms with Crippen LogP contribution in [0.15, 0.2) is 0 Å². The fraction of sp³-hybridized carbons (Fsp3) is 1.00. The van der Waals surface area contributed by atoms with Crippen molar-refractivity contribution >= 4 is 0 Å². The Hall–Kier alpha value is -0.160. The van der Waals surface area contributed by atoms with Gasteiger partial charge in [-0.05, 0) is 79.6 Å². The summed E-state index contributed by atoms with van der Waals surface area (Å²) in [5, 5.41) is 0. The van der Waals surface area contributed by atoms with Crippen LogP contribution in [-0.2, 0) is 9.47 Å². The van der Waals surface area contributed by atoms with Gasteiger partial charge in [-0.25, -0.2) is 0 Å². The SMILES string of the molecule is CC(C)OCCN1CCCC1.CC(C)OCCN1CCCCC1. The van der Waals surface area contributed by atoms with E-state index in [1.54, 1.807) is 0 Å². The number of nitrogens with zero attached hydrogens (tertiary/aromatic N) is 2. The fourth-order valence-corrected chi connectivity index (χ4v) is 3.02.